The Morgan fingerprint density at radius 2 is 1.90 bits per heavy atom. The van der Waals surface area contributed by atoms with E-state index >= 15 is 0 Å². The summed E-state index contributed by atoms with van der Waals surface area (Å²) in [5, 5.41) is 4.59. The second kappa shape index (κ2) is 8.69. The summed E-state index contributed by atoms with van der Waals surface area (Å²) in [6.45, 7) is 0. The molecule has 8 heteroatoms. The average Bonchev–Trinajstić information content (AvgIpc) is 3.18. The maximum absolute atomic E-state index is 13.1. The molecule has 0 bridgehead atoms. The van der Waals surface area contributed by atoms with Crippen LogP contribution in [0.25, 0.3) is 10.9 Å². The highest BCUT2D eigenvalue weighted by molar-refractivity contribution is 7.99. The smallest absolute Gasteiger partial charge is 0.234 e. The fraction of sp³-hybridized carbons (Fsp3) is 0.0909. The molecule has 2 heterocycles. The first-order chi connectivity index (χ1) is 14.5. The summed E-state index contributed by atoms with van der Waals surface area (Å²) < 4.78 is 1.68. The second-order valence-corrected chi connectivity index (χ2v) is 7.94. The van der Waals surface area contributed by atoms with Crippen molar-refractivity contribution in [2.45, 2.75) is 5.03 Å². The van der Waals surface area contributed by atoms with Crippen LogP contribution in [0.15, 0.2) is 72.0 Å². The van der Waals surface area contributed by atoms with Gasteiger partial charge >= 0.3 is 0 Å². The lowest BCUT2D eigenvalue weighted by molar-refractivity contribution is -0.113. The Bertz CT molecular complexity index is 1250. The first kappa shape index (κ1) is 20.1. The minimum atomic E-state index is -0.208. The van der Waals surface area contributed by atoms with E-state index in [2.05, 4.69) is 15.3 Å². The molecular weight excluding hydrogens is 420 g/mol. The van der Waals surface area contributed by atoms with Crippen LogP contribution in [0.5, 0.6) is 0 Å². The number of benzene rings is 2. The van der Waals surface area contributed by atoms with Crippen LogP contribution in [0.1, 0.15) is 16.2 Å². The topological polar surface area (TPSA) is 76.9 Å². The van der Waals surface area contributed by atoms with Gasteiger partial charge in [0.25, 0.3) is 0 Å². The molecule has 0 aliphatic carbocycles. The quantitative estimate of drug-likeness (QED) is 0.353. The van der Waals surface area contributed by atoms with Crippen LogP contribution in [0.3, 0.4) is 0 Å². The highest BCUT2D eigenvalue weighted by Gasteiger charge is 2.19. The maximum Gasteiger partial charge on any atom is 0.234 e. The van der Waals surface area contributed by atoms with Crippen LogP contribution in [0, 0.1) is 0 Å². The Labute approximate surface area is 182 Å². The van der Waals surface area contributed by atoms with Gasteiger partial charge in [-0.1, -0.05) is 53.7 Å². The number of aryl methyl sites for hydroxylation is 1. The molecule has 4 aromatic rings. The standard InChI is InChI=1S/C22H17ClN4O2S/c1-27-11-10-24-22(27)21(29)15-12-20(26-17-8-4-2-6-14(15)17)30-13-19(28)25-18-9-5-3-7-16(18)23/h2-12H,13H2,1H3,(H,25,28). The number of pyridine rings is 1. The Morgan fingerprint density at radius 1 is 1.13 bits per heavy atom. The van der Waals surface area contributed by atoms with Crippen molar-refractivity contribution < 1.29 is 9.59 Å². The zero-order valence-corrected chi connectivity index (χ0v) is 17.6. The number of hydrogen-bond acceptors (Lipinski definition) is 5. The molecule has 0 saturated heterocycles. The van der Waals surface area contributed by atoms with E-state index in [1.54, 1.807) is 54.3 Å². The lowest BCUT2D eigenvalue weighted by Crippen LogP contribution is -2.14. The van der Waals surface area contributed by atoms with Gasteiger partial charge in [-0.3, -0.25) is 9.59 Å². The molecule has 0 unspecified atom stereocenters. The third-order valence-corrected chi connectivity index (χ3v) is 5.70. The summed E-state index contributed by atoms with van der Waals surface area (Å²) in [6, 6.07) is 16.2. The Balaban J connectivity index is 1.59. The maximum atomic E-state index is 13.1. The van der Waals surface area contributed by atoms with E-state index in [0.717, 1.165) is 5.39 Å². The zero-order valence-electron chi connectivity index (χ0n) is 16.0. The van der Waals surface area contributed by atoms with Gasteiger partial charge in [0.15, 0.2) is 5.82 Å². The molecule has 0 saturated carbocycles. The number of ketones is 1. The molecule has 0 aliphatic rings. The number of thioether (sulfide) groups is 1. The van der Waals surface area contributed by atoms with Gasteiger partial charge in [0.1, 0.15) is 0 Å². The van der Waals surface area contributed by atoms with Gasteiger partial charge in [0.05, 0.1) is 27.0 Å². The number of nitrogens with zero attached hydrogens (tertiary/aromatic N) is 3. The monoisotopic (exact) mass is 436 g/mol. The van der Waals surface area contributed by atoms with Crippen LogP contribution in [0.2, 0.25) is 5.02 Å². The third-order valence-electron chi connectivity index (χ3n) is 4.46. The van der Waals surface area contributed by atoms with Gasteiger partial charge in [0.2, 0.25) is 11.7 Å². The number of halogens is 1. The zero-order chi connectivity index (χ0) is 21.1. The number of aromatic nitrogens is 3. The van der Waals surface area contributed by atoms with Crippen LogP contribution in [-0.2, 0) is 11.8 Å². The largest absolute Gasteiger partial charge is 0.331 e. The summed E-state index contributed by atoms with van der Waals surface area (Å²) in [5.41, 5.74) is 1.75. The van der Waals surface area contributed by atoms with E-state index in [1.807, 2.05) is 24.3 Å². The normalized spacial score (nSPS) is 10.9. The summed E-state index contributed by atoms with van der Waals surface area (Å²) >= 11 is 7.34. The van der Waals surface area contributed by atoms with Crippen LogP contribution < -0.4 is 5.32 Å². The SMILES string of the molecule is Cn1ccnc1C(=O)c1cc(SCC(=O)Nc2ccccc2Cl)nc2ccccc12. The summed E-state index contributed by atoms with van der Waals surface area (Å²) in [6.07, 6.45) is 3.32. The number of para-hydroxylation sites is 2. The van der Waals surface area contributed by atoms with E-state index < -0.39 is 0 Å². The molecular formula is C22H17ClN4O2S. The molecule has 0 radical (unpaired) electrons. The van der Waals surface area contributed by atoms with E-state index in [1.165, 1.54) is 11.8 Å². The molecule has 6 nitrogen and oxygen atoms in total. The summed E-state index contributed by atoms with van der Waals surface area (Å²) in [5.74, 6) is 0.0781. The molecule has 150 valence electrons. The van der Waals surface area contributed by atoms with Crippen molar-refractivity contribution in [3.63, 3.8) is 0 Å². The van der Waals surface area contributed by atoms with E-state index in [0.29, 0.717) is 32.6 Å². The number of carbonyl (C=O) groups is 2. The van der Waals surface area contributed by atoms with E-state index in [-0.39, 0.29) is 17.4 Å². The Kier molecular flexibility index (Phi) is 5.83. The first-order valence-electron chi connectivity index (χ1n) is 9.12. The molecule has 2 aromatic carbocycles. The van der Waals surface area contributed by atoms with Crippen molar-refractivity contribution in [3.05, 3.63) is 83.4 Å². The number of nitrogens with one attached hydrogen (secondary N) is 1. The van der Waals surface area contributed by atoms with E-state index in [4.69, 9.17) is 11.6 Å². The molecule has 0 fully saturated rings. The predicted molar refractivity (Wildman–Crippen MR) is 119 cm³/mol. The van der Waals surface area contributed by atoms with E-state index in [9.17, 15) is 9.59 Å². The highest BCUT2D eigenvalue weighted by Crippen LogP contribution is 2.26. The molecule has 1 N–H and O–H groups in total. The molecule has 0 atom stereocenters. The number of rotatable bonds is 6. The number of hydrogen-bond donors (Lipinski definition) is 1. The van der Waals surface area contributed by atoms with Crippen molar-refractivity contribution in [1.82, 2.24) is 14.5 Å². The van der Waals surface area contributed by atoms with Gasteiger partial charge < -0.3 is 9.88 Å². The predicted octanol–water partition coefficient (Wildman–Crippen LogP) is 4.58. The lowest BCUT2D eigenvalue weighted by atomic mass is 10.1. The Morgan fingerprint density at radius 3 is 2.67 bits per heavy atom. The molecule has 1 amide bonds. The minimum absolute atomic E-state index is 0.132. The average molecular weight is 437 g/mol. The number of carbonyl (C=O) groups excluding carboxylic acids is 2. The summed E-state index contributed by atoms with van der Waals surface area (Å²) in [7, 11) is 1.78. The first-order valence-corrected chi connectivity index (χ1v) is 10.5. The van der Waals surface area contributed by atoms with Crippen LogP contribution in [0.4, 0.5) is 5.69 Å². The van der Waals surface area contributed by atoms with Crippen molar-refractivity contribution >= 4 is 51.6 Å². The van der Waals surface area contributed by atoms with Crippen molar-refractivity contribution in [2.24, 2.45) is 7.05 Å². The fourth-order valence-electron chi connectivity index (χ4n) is 3.01. The molecule has 0 aliphatic heterocycles. The summed E-state index contributed by atoms with van der Waals surface area (Å²) in [4.78, 5) is 34.2. The Hall–Kier alpha value is -3.16. The highest BCUT2D eigenvalue weighted by atomic mass is 35.5. The van der Waals surface area contributed by atoms with Crippen molar-refractivity contribution in [1.29, 1.82) is 0 Å². The number of fused-ring (bicyclic) bond motifs is 1. The van der Waals surface area contributed by atoms with Gasteiger partial charge in [-0.25, -0.2) is 9.97 Å². The molecule has 2 aromatic heterocycles. The second-order valence-electron chi connectivity index (χ2n) is 6.53. The van der Waals surface area contributed by atoms with Gasteiger partial charge in [-0.05, 0) is 24.3 Å². The lowest BCUT2D eigenvalue weighted by Gasteiger charge is -2.10. The van der Waals surface area contributed by atoms with Crippen molar-refractivity contribution in [3.8, 4) is 0 Å². The van der Waals surface area contributed by atoms with Gasteiger partial charge in [0, 0.05) is 30.4 Å². The fourth-order valence-corrected chi connectivity index (χ4v) is 3.90. The minimum Gasteiger partial charge on any atom is -0.331 e. The van der Waals surface area contributed by atoms with Gasteiger partial charge in [-0.2, -0.15) is 0 Å². The number of imidazole rings is 1. The van der Waals surface area contributed by atoms with Crippen LogP contribution in [-0.4, -0.2) is 32.0 Å². The third kappa shape index (κ3) is 4.22. The number of amides is 1. The van der Waals surface area contributed by atoms with Crippen LogP contribution >= 0.6 is 23.4 Å². The van der Waals surface area contributed by atoms with Gasteiger partial charge in [-0.15, -0.1) is 0 Å². The molecule has 0 spiro atoms. The number of anilines is 1. The molecule has 4 rings (SSSR count). The molecule has 30 heavy (non-hydrogen) atoms. The van der Waals surface area contributed by atoms with Crippen molar-refractivity contribution in [2.75, 3.05) is 11.1 Å².